The lowest BCUT2D eigenvalue weighted by atomic mass is 9.93. The molecule has 8 N–H and O–H groups in total. The molecule has 3 saturated heterocycles. The van der Waals surface area contributed by atoms with Gasteiger partial charge in [-0.15, -0.1) is 11.6 Å². The summed E-state index contributed by atoms with van der Waals surface area (Å²) in [5.74, 6) is 2.19. The Morgan fingerprint density at radius 2 is 1.04 bits per heavy atom. The van der Waals surface area contributed by atoms with E-state index in [4.69, 9.17) is 187 Å². The number of benzene rings is 6. The number of nitrogens with zero attached hydrogens (tertiary/aromatic N) is 2. The van der Waals surface area contributed by atoms with Gasteiger partial charge in [-0.3, -0.25) is 4.79 Å². The molecule has 14 rings (SSSR count). The van der Waals surface area contributed by atoms with Gasteiger partial charge in [0.25, 0.3) is 0 Å². The first kappa shape index (κ1) is 79.3. The van der Waals surface area contributed by atoms with Crippen LogP contribution in [-0.2, 0) is 47.8 Å². The largest absolute Gasteiger partial charge is 0.444 e. The summed E-state index contributed by atoms with van der Waals surface area (Å²) in [4.78, 5) is 23.2. The van der Waals surface area contributed by atoms with Crippen LogP contribution in [-0.4, -0.2) is 104 Å². The van der Waals surface area contributed by atoms with Crippen molar-refractivity contribution < 1.29 is 34.4 Å². The van der Waals surface area contributed by atoms with Gasteiger partial charge in [0.1, 0.15) is 5.60 Å². The van der Waals surface area contributed by atoms with E-state index in [9.17, 15) is 14.7 Å². The Bertz CT molecular complexity index is 3910. The van der Waals surface area contributed by atoms with E-state index in [1.165, 1.54) is 12.0 Å². The summed E-state index contributed by atoms with van der Waals surface area (Å²) in [6, 6.07) is 37.4. The first-order chi connectivity index (χ1) is 46.0. The first-order valence-electron chi connectivity index (χ1n) is 31.1. The minimum atomic E-state index is -0.553. The Labute approximate surface area is 631 Å². The molecule has 0 bridgehead atoms. The topological polar surface area (TPSA) is 226 Å². The molecule has 8 aliphatic rings. The molecule has 3 aliphatic heterocycles. The molecule has 8 fully saturated rings. The smallest absolute Gasteiger partial charge is 0.407 e. The first-order valence-corrected chi connectivity index (χ1v) is 36.2. The summed E-state index contributed by atoms with van der Waals surface area (Å²) in [5.41, 5.74) is 10.9. The van der Waals surface area contributed by atoms with Crippen LogP contribution in [0.15, 0.2) is 109 Å². The number of fused-ring (bicyclic) bond motifs is 2. The molecule has 11 atom stereocenters. The number of epoxide rings is 1. The summed E-state index contributed by atoms with van der Waals surface area (Å²) >= 11 is 75.9. The van der Waals surface area contributed by atoms with Gasteiger partial charge in [0, 0.05) is 73.6 Å². The summed E-state index contributed by atoms with van der Waals surface area (Å²) in [6.07, 6.45) is 4.96. The second-order valence-corrected chi connectivity index (χ2v) is 31.6. The number of aliphatic hydroxyl groups excluding tert-OH is 3. The number of amides is 2. The summed E-state index contributed by atoms with van der Waals surface area (Å²) in [7, 11) is 0. The maximum atomic E-state index is 11.8. The molecule has 97 heavy (non-hydrogen) atoms. The molecule has 5 aliphatic carbocycles. The van der Waals surface area contributed by atoms with Gasteiger partial charge in [-0.2, -0.15) is 10.5 Å². The third-order valence-corrected chi connectivity index (χ3v) is 23.8. The van der Waals surface area contributed by atoms with Gasteiger partial charge in [0.05, 0.1) is 109 Å². The number of halogens is 13. The second kappa shape index (κ2) is 33.8. The molecule has 5 unspecified atom stereocenters. The Morgan fingerprint density at radius 3 is 1.39 bits per heavy atom. The number of piperidine rings is 2. The van der Waals surface area contributed by atoms with Gasteiger partial charge in [0.2, 0.25) is 5.91 Å². The van der Waals surface area contributed by atoms with E-state index in [2.05, 4.69) is 28.1 Å². The highest BCUT2D eigenvalue weighted by molar-refractivity contribution is 6.44. The number of hydrogen-bond donors (Lipinski definition) is 7. The van der Waals surface area contributed by atoms with Crippen LogP contribution in [0.25, 0.3) is 0 Å². The van der Waals surface area contributed by atoms with Crippen LogP contribution in [0.3, 0.4) is 0 Å². The number of nitrogens with one attached hydrogen (secondary N) is 3. The molecule has 3 heterocycles. The average Bonchev–Trinajstić information content (AvgIpc) is 1.56. The number of rotatable bonds is 13. The van der Waals surface area contributed by atoms with Crippen LogP contribution < -0.4 is 21.7 Å². The van der Waals surface area contributed by atoms with Crippen molar-refractivity contribution in [3.63, 3.8) is 0 Å². The van der Waals surface area contributed by atoms with Gasteiger partial charge >= 0.3 is 6.09 Å². The highest BCUT2D eigenvalue weighted by Crippen LogP contribution is 2.59. The minimum absolute atomic E-state index is 0.00527. The van der Waals surface area contributed by atoms with Crippen molar-refractivity contribution in [2.24, 2.45) is 35.3 Å². The summed E-state index contributed by atoms with van der Waals surface area (Å²) < 4.78 is 9.97. The number of hydrogen-bond acceptors (Lipinski definition) is 11. The number of ether oxygens (including phenoxy) is 2. The molecular weight excluding hydrogens is 1510 g/mol. The van der Waals surface area contributed by atoms with Crippen LogP contribution in [0, 0.1) is 52.3 Å². The van der Waals surface area contributed by atoms with Gasteiger partial charge in [-0.1, -0.05) is 176 Å². The van der Waals surface area contributed by atoms with Crippen LogP contribution >= 0.6 is 151 Å². The number of alkyl halides is 1. The highest BCUT2D eigenvalue weighted by atomic mass is 35.5. The fourth-order valence-corrected chi connectivity index (χ4v) is 14.6. The lowest BCUT2D eigenvalue weighted by Gasteiger charge is -2.23. The predicted octanol–water partition coefficient (Wildman–Crippen LogP) is 17.7. The number of carbonyl (C=O) groups excluding carboxylic acids is 2. The number of carbonyl (C=O) groups is 2. The predicted molar refractivity (Wildman–Crippen MR) is 394 cm³/mol. The Hall–Kier alpha value is -3.43. The maximum absolute atomic E-state index is 11.8. The molecule has 6 aromatic rings. The molecule has 0 aromatic heterocycles. The van der Waals surface area contributed by atoms with E-state index in [1.54, 1.807) is 60.7 Å². The highest BCUT2D eigenvalue weighted by Gasteiger charge is 2.63. The molecule has 5 saturated carbocycles. The van der Waals surface area contributed by atoms with Gasteiger partial charge in [-0.05, 0) is 183 Å². The molecule has 0 spiro atoms. The molecule has 520 valence electrons. The zero-order valence-corrected chi connectivity index (χ0v) is 62.9. The van der Waals surface area contributed by atoms with E-state index < -0.39 is 17.1 Å². The number of nitrogens with two attached hydrogens (primary N) is 1. The Kier molecular flexibility index (Phi) is 27.6. The maximum Gasteiger partial charge on any atom is 0.407 e. The van der Waals surface area contributed by atoms with E-state index in [1.807, 2.05) is 69.3 Å². The van der Waals surface area contributed by atoms with Crippen LogP contribution in [0.1, 0.15) is 86.3 Å². The quantitative estimate of drug-likeness (QED) is 0.0425. The molecular formula is C71H73Cl13N6O7. The lowest BCUT2D eigenvalue weighted by molar-refractivity contribution is -0.120. The van der Waals surface area contributed by atoms with Crippen molar-refractivity contribution in [1.29, 1.82) is 10.5 Å². The average molecular weight is 1580 g/mol. The van der Waals surface area contributed by atoms with Crippen LogP contribution in [0.4, 0.5) is 4.79 Å². The van der Waals surface area contributed by atoms with Crippen LogP contribution in [0.2, 0.25) is 60.3 Å². The van der Waals surface area contributed by atoms with E-state index in [-0.39, 0.29) is 65.6 Å². The van der Waals surface area contributed by atoms with E-state index in [0.29, 0.717) is 104 Å². The molecule has 2 amide bonds. The van der Waals surface area contributed by atoms with Gasteiger partial charge in [-0.25, -0.2) is 4.79 Å². The fourth-order valence-electron chi connectivity index (χ4n) is 12.6. The van der Waals surface area contributed by atoms with Crippen molar-refractivity contribution in [3.8, 4) is 12.1 Å². The number of nitriles is 2. The Balaban J connectivity index is 0.000000148. The van der Waals surface area contributed by atoms with Crippen molar-refractivity contribution >= 4 is 163 Å². The van der Waals surface area contributed by atoms with Crippen molar-refractivity contribution in [2.45, 2.75) is 98.1 Å². The zero-order valence-electron chi connectivity index (χ0n) is 53.0. The zero-order chi connectivity index (χ0) is 71.0. The van der Waals surface area contributed by atoms with Crippen molar-refractivity contribution in [2.75, 3.05) is 65.0 Å². The molecule has 26 heteroatoms. The molecule has 6 aromatic carbocycles. The summed E-state index contributed by atoms with van der Waals surface area (Å²) in [5, 5.41) is 60.7. The SMILES string of the molecule is CC(C)(C)OC(=O)NC[C@@]1(c2ccc(Cl)c(Cl)c2)CC1CO.ClC[C@H]1CO1.Clc1ccc([C@@]23CNCC2C3)cc1Cl.N#CCc1ccc(Cl)c(Cl)c1.N#C[C@@]1(c2ccc(Cl)c(Cl)c2)CC1CO.NC[C@@]1(c2ccc(Cl)c(Cl)c2)CC1CO.O=C1NC[C@@]2(c3ccc(Cl)c(Cl)c3)CC12. The van der Waals surface area contributed by atoms with Crippen LogP contribution in [0.5, 0.6) is 0 Å². The fraction of sp³-hybridized carbons (Fsp3) is 0.437. The second-order valence-electron chi connectivity index (χ2n) is 26.4. The van der Waals surface area contributed by atoms with Crippen molar-refractivity contribution in [3.05, 3.63) is 203 Å². The number of aliphatic hydroxyl groups is 3. The number of alkyl carbamates (subject to hydrolysis) is 1. The monoisotopic (exact) mass is 1580 g/mol. The molecule has 0 radical (unpaired) electrons. The molecule has 13 nitrogen and oxygen atoms in total. The third kappa shape index (κ3) is 19.5. The normalized spacial score (nSPS) is 27.1. The van der Waals surface area contributed by atoms with Crippen molar-refractivity contribution in [1.82, 2.24) is 16.0 Å². The van der Waals surface area contributed by atoms with E-state index >= 15 is 0 Å². The van der Waals surface area contributed by atoms with E-state index in [0.717, 1.165) is 79.2 Å². The Morgan fingerprint density at radius 1 is 0.598 bits per heavy atom. The van der Waals surface area contributed by atoms with Gasteiger partial charge in [0.15, 0.2) is 0 Å². The van der Waals surface area contributed by atoms with Gasteiger partial charge < -0.3 is 46.5 Å². The summed E-state index contributed by atoms with van der Waals surface area (Å²) in [6.45, 7) is 10.5. The third-order valence-electron chi connectivity index (χ3n) is 19.0. The lowest BCUT2D eigenvalue weighted by Crippen LogP contribution is -2.37. The minimum Gasteiger partial charge on any atom is -0.444 e. The standard InChI is InChI=1S/C16H21Cl2NO3.C11H9Cl2NO.C11H13Cl2NO.C11H9Cl2NO.C11H11Cl2N.C8H5Cl2N.C3H5ClO/c1-15(2,3)22-14(21)19-9-16(7-11(16)8-20)10-4-5-12(17)13(18)6-10;12-8-2-1-6(3-9(8)13)11-4-7(11)10(15)14-5-11;2*12-9-2-1-7(3-10(9)13)11(6-14)4-8(11)5-15;12-9-2-1-7(3-10(9)13)11-4-8(11)5-14-6-11;9-7-2-1-6(3-4-11)5-8(7)10;4-1-3-2-5-3/h4-6,11,20H,7-9H2,1-3H3,(H,19,21);1-3,7H,4-5H2,(H,14,15);1-3,8,15H,4-6,14H2;1-3,8,15H,4-5H2;1-3,8,14H,4-6H2;1-2,5H,3H2;3H,1-2H2/t11?,16-;7?,11-;3*8?,11-;;3-/m11111.0/s1.